The molecule has 100 valence electrons. The number of aryl methyl sites for hydroxylation is 1. The van der Waals surface area contributed by atoms with Gasteiger partial charge in [0.1, 0.15) is 11.5 Å². The molecule has 0 aromatic carbocycles. The summed E-state index contributed by atoms with van der Waals surface area (Å²) in [6.45, 7) is 4.95. The zero-order valence-electron chi connectivity index (χ0n) is 10.7. The number of nitrogens with one attached hydrogen (secondary N) is 1. The van der Waals surface area contributed by atoms with Crippen LogP contribution in [0, 0.1) is 0 Å². The van der Waals surface area contributed by atoms with Crippen LogP contribution < -0.4 is 5.32 Å². The van der Waals surface area contributed by atoms with Gasteiger partial charge in [-0.3, -0.25) is 4.98 Å². The number of hydrogen-bond donors (Lipinski definition) is 1. The van der Waals surface area contributed by atoms with Gasteiger partial charge in [0.2, 0.25) is 0 Å². The summed E-state index contributed by atoms with van der Waals surface area (Å²) >= 11 is 6.89. The van der Waals surface area contributed by atoms with E-state index in [4.69, 9.17) is 0 Å². The Morgan fingerprint density at radius 2 is 1.95 bits per heavy atom. The summed E-state index contributed by atoms with van der Waals surface area (Å²) in [7, 11) is 0. The molecule has 0 saturated heterocycles. The zero-order valence-corrected chi connectivity index (χ0v) is 13.9. The summed E-state index contributed by atoms with van der Waals surface area (Å²) in [5, 5.41) is 3.22. The average Bonchev–Trinajstić information content (AvgIpc) is 2.38. The highest BCUT2D eigenvalue weighted by Crippen LogP contribution is 2.27. The van der Waals surface area contributed by atoms with E-state index >= 15 is 0 Å². The van der Waals surface area contributed by atoms with Gasteiger partial charge < -0.3 is 5.32 Å². The second kappa shape index (κ2) is 6.43. The molecule has 0 aliphatic heterocycles. The van der Waals surface area contributed by atoms with Crippen LogP contribution in [0.15, 0.2) is 27.3 Å². The van der Waals surface area contributed by atoms with Crippen LogP contribution >= 0.6 is 31.9 Å². The lowest BCUT2D eigenvalue weighted by atomic mass is 10.3. The van der Waals surface area contributed by atoms with Crippen molar-refractivity contribution >= 4 is 37.7 Å². The third kappa shape index (κ3) is 3.51. The Bertz CT molecular complexity index is 587. The van der Waals surface area contributed by atoms with Crippen molar-refractivity contribution in [2.75, 3.05) is 11.9 Å². The first-order valence-corrected chi connectivity index (χ1v) is 7.65. The van der Waals surface area contributed by atoms with Crippen LogP contribution in [0.25, 0.3) is 11.5 Å². The molecule has 0 fully saturated rings. The van der Waals surface area contributed by atoms with E-state index in [1.807, 2.05) is 19.1 Å². The fourth-order valence-corrected chi connectivity index (χ4v) is 2.80. The lowest BCUT2D eigenvalue weighted by Gasteiger charge is -2.08. The van der Waals surface area contributed by atoms with E-state index in [-0.39, 0.29) is 0 Å². The summed E-state index contributed by atoms with van der Waals surface area (Å²) in [4.78, 5) is 13.4. The molecule has 19 heavy (non-hydrogen) atoms. The second-order valence-corrected chi connectivity index (χ2v) is 5.71. The summed E-state index contributed by atoms with van der Waals surface area (Å²) in [6.07, 6.45) is 2.61. The number of nitrogens with zero attached hydrogens (tertiary/aromatic N) is 3. The maximum atomic E-state index is 4.54. The molecule has 0 radical (unpaired) electrons. The van der Waals surface area contributed by atoms with Crippen LogP contribution in [0.3, 0.4) is 0 Å². The van der Waals surface area contributed by atoms with Gasteiger partial charge in [-0.1, -0.05) is 6.92 Å². The minimum atomic E-state index is 0.634. The Morgan fingerprint density at radius 3 is 2.58 bits per heavy atom. The van der Waals surface area contributed by atoms with Crippen LogP contribution in [0.5, 0.6) is 0 Å². The van der Waals surface area contributed by atoms with E-state index in [0.717, 1.165) is 39.1 Å². The van der Waals surface area contributed by atoms with Crippen molar-refractivity contribution in [3.63, 3.8) is 0 Å². The highest BCUT2D eigenvalue weighted by atomic mass is 79.9. The van der Waals surface area contributed by atoms with Gasteiger partial charge in [-0.15, -0.1) is 0 Å². The molecule has 2 heterocycles. The highest BCUT2D eigenvalue weighted by molar-refractivity contribution is 9.11. The molecular weight excluding hydrogens is 372 g/mol. The molecule has 0 saturated carbocycles. The molecule has 0 aliphatic rings. The van der Waals surface area contributed by atoms with Crippen molar-refractivity contribution in [1.82, 2.24) is 15.0 Å². The number of hydrogen-bond acceptors (Lipinski definition) is 4. The van der Waals surface area contributed by atoms with Gasteiger partial charge >= 0.3 is 0 Å². The predicted octanol–water partition coefficient (Wildman–Crippen LogP) is 4.06. The van der Waals surface area contributed by atoms with Crippen molar-refractivity contribution < 1.29 is 0 Å². The first-order valence-electron chi connectivity index (χ1n) is 6.07. The maximum absolute atomic E-state index is 4.54. The topological polar surface area (TPSA) is 50.7 Å². The van der Waals surface area contributed by atoms with Crippen LogP contribution in [0.2, 0.25) is 0 Å². The second-order valence-electron chi connectivity index (χ2n) is 3.94. The van der Waals surface area contributed by atoms with Gasteiger partial charge in [0.05, 0.1) is 0 Å². The molecule has 0 bridgehead atoms. The molecule has 0 amide bonds. The van der Waals surface area contributed by atoms with E-state index in [0.29, 0.717) is 5.82 Å². The summed E-state index contributed by atoms with van der Waals surface area (Å²) in [5.74, 6) is 1.47. The van der Waals surface area contributed by atoms with Crippen molar-refractivity contribution in [1.29, 1.82) is 0 Å². The largest absolute Gasteiger partial charge is 0.370 e. The van der Waals surface area contributed by atoms with Crippen molar-refractivity contribution in [2.24, 2.45) is 0 Å². The van der Waals surface area contributed by atoms with E-state index in [9.17, 15) is 0 Å². The Morgan fingerprint density at radius 1 is 1.16 bits per heavy atom. The third-order valence-corrected chi connectivity index (χ3v) is 3.56. The monoisotopic (exact) mass is 384 g/mol. The number of rotatable bonds is 4. The van der Waals surface area contributed by atoms with E-state index < -0.39 is 0 Å². The molecule has 0 aliphatic carbocycles. The third-order valence-electron chi connectivity index (χ3n) is 2.52. The lowest BCUT2D eigenvalue weighted by molar-refractivity contribution is 0.990. The van der Waals surface area contributed by atoms with Gasteiger partial charge in [0, 0.05) is 33.4 Å². The van der Waals surface area contributed by atoms with Crippen LogP contribution in [0.4, 0.5) is 5.82 Å². The Kier molecular flexibility index (Phi) is 4.87. The molecule has 0 atom stereocenters. The molecule has 2 aromatic heterocycles. The summed E-state index contributed by atoms with van der Waals surface area (Å²) in [6, 6.07) is 3.91. The Hall–Kier alpha value is -1.01. The number of aromatic nitrogens is 3. The van der Waals surface area contributed by atoms with Crippen molar-refractivity contribution in [3.05, 3.63) is 33.0 Å². The fourth-order valence-electron chi connectivity index (χ4n) is 1.64. The van der Waals surface area contributed by atoms with Crippen molar-refractivity contribution in [2.45, 2.75) is 20.3 Å². The standard InChI is InChI=1S/C13H14Br2N4/c1-3-9-6-11(16-4-2)19-13(18-9)12-10(15)5-8(14)7-17-12/h5-7H,3-4H2,1-2H3,(H,16,18,19). The summed E-state index contributed by atoms with van der Waals surface area (Å²) < 4.78 is 1.79. The minimum Gasteiger partial charge on any atom is -0.370 e. The molecule has 1 N–H and O–H groups in total. The highest BCUT2D eigenvalue weighted by Gasteiger charge is 2.11. The Labute approximate surface area is 129 Å². The van der Waals surface area contributed by atoms with E-state index in [1.165, 1.54) is 0 Å². The van der Waals surface area contributed by atoms with Crippen LogP contribution in [-0.2, 0) is 6.42 Å². The minimum absolute atomic E-state index is 0.634. The molecule has 6 heteroatoms. The van der Waals surface area contributed by atoms with Gasteiger partial charge in [0.25, 0.3) is 0 Å². The molecule has 0 spiro atoms. The maximum Gasteiger partial charge on any atom is 0.181 e. The van der Waals surface area contributed by atoms with Crippen LogP contribution in [0.1, 0.15) is 19.5 Å². The summed E-state index contributed by atoms with van der Waals surface area (Å²) in [5.41, 5.74) is 1.75. The molecule has 2 aromatic rings. The lowest BCUT2D eigenvalue weighted by Crippen LogP contribution is -2.04. The first-order chi connectivity index (χ1) is 9.13. The van der Waals surface area contributed by atoms with E-state index in [2.05, 4.69) is 59.1 Å². The Balaban J connectivity index is 2.51. The predicted molar refractivity (Wildman–Crippen MR) is 84.2 cm³/mol. The molecule has 2 rings (SSSR count). The number of pyridine rings is 1. The van der Waals surface area contributed by atoms with Crippen molar-refractivity contribution in [3.8, 4) is 11.5 Å². The number of halogens is 2. The van der Waals surface area contributed by atoms with Gasteiger partial charge in [-0.25, -0.2) is 9.97 Å². The van der Waals surface area contributed by atoms with Gasteiger partial charge in [-0.2, -0.15) is 0 Å². The normalized spacial score (nSPS) is 10.5. The average molecular weight is 386 g/mol. The SMILES string of the molecule is CCNc1cc(CC)nc(-c2ncc(Br)cc2Br)n1. The smallest absolute Gasteiger partial charge is 0.181 e. The molecular formula is C13H14Br2N4. The zero-order chi connectivity index (χ0) is 13.8. The van der Waals surface area contributed by atoms with Gasteiger partial charge in [-0.05, 0) is 51.3 Å². The first kappa shape index (κ1) is 14.4. The van der Waals surface area contributed by atoms with E-state index in [1.54, 1.807) is 6.20 Å². The molecule has 0 unspecified atom stereocenters. The fraction of sp³-hybridized carbons (Fsp3) is 0.308. The van der Waals surface area contributed by atoms with Crippen LogP contribution in [-0.4, -0.2) is 21.5 Å². The number of anilines is 1. The quantitative estimate of drug-likeness (QED) is 0.862. The van der Waals surface area contributed by atoms with Gasteiger partial charge in [0.15, 0.2) is 5.82 Å². The molecule has 4 nitrogen and oxygen atoms in total.